The summed E-state index contributed by atoms with van der Waals surface area (Å²) in [6, 6.07) is 6.44. The van der Waals surface area contributed by atoms with E-state index in [1.807, 2.05) is 0 Å². The molecule has 1 aliphatic rings. The van der Waals surface area contributed by atoms with Gasteiger partial charge in [-0.15, -0.1) is 0 Å². The van der Waals surface area contributed by atoms with Gasteiger partial charge in [-0.1, -0.05) is 29.3 Å². The van der Waals surface area contributed by atoms with Gasteiger partial charge in [-0.3, -0.25) is 19.3 Å². The molecule has 0 unspecified atom stereocenters. The largest absolute Gasteiger partial charge is 0.469 e. The zero-order chi connectivity index (χ0) is 19.6. The molecule has 1 aromatic carbocycles. The van der Waals surface area contributed by atoms with Crippen LogP contribution in [0.1, 0.15) is 21.7 Å². The fourth-order valence-corrected chi connectivity index (χ4v) is 3.77. The Balaban J connectivity index is 1.63. The summed E-state index contributed by atoms with van der Waals surface area (Å²) < 4.78 is 5.08. The lowest BCUT2D eigenvalue weighted by atomic mass is 10.2. The predicted molar refractivity (Wildman–Crippen MR) is 105 cm³/mol. The molecule has 1 aromatic heterocycles. The molecule has 1 aliphatic heterocycles. The fraction of sp³-hybridized carbons (Fsp3) is 0.167. The van der Waals surface area contributed by atoms with Gasteiger partial charge in [0.05, 0.1) is 16.7 Å². The summed E-state index contributed by atoms with van der Waals surface area (Å²) in [5.41, 5.74) is 1.01. The Labute approximate surface area is 169 Å². The van der Waals surface area contributed by atoms with Crippen molar-refractivity contribution < 1.29 is 18.8 Å². The molecule has 0 radical (unpaired) electrons. The summed E-state index contributed by atoms with van der Waals surface area (Å²) in [5, 5.41) is 3.13. The average Bonchev–Trinajstić information content (AvgIpc) is 3.15. The second kappa shape index (κ2) is 8.21. The fourth-order valence-electron chi connectivity index (χ4n) is 2.45. The molecule has 0 atom stereocenters. The van der Waals surface area contributed by atoms with Crippen molar-refractivity contribution in [1.82, 2.24) is 10.2 Å². The molecule has 6 nitrogen and oxygen atoms in total. The molecule has 9 heteroatoms. The van der Waals surface area contributed by atoms with Crippen molar-refractivity contribution in [2.75, 3.05) is 13.1 Å². The van der Waals surface area contributed by atoms with E-state index in [1.54, 1.807) is 37.3 Å². The van der Waals surface area contributed by atoms with Crippen molar-refractivity contribution in [3.63, 3.8) is 0 Å². The van der Waals surface area contributed by atoms with E-state index in [4.69, 9.17) is 27.6 Å². The quantitative estimate of drug-likeness (QED) is 0.721. The van der Waals surface area contributed by atoms with Crippen LogP contribution in [0, 0.1) is 6.92 Å². The number of hydrogen-bond acceptors (Lipinski definition) is 5. The van der Waals surface area contributed by atoms with Crippen LogP contribution in [0.2, 0.25) is 10.0 Å². The zero-order valence-electron chi connectivity index (χ0n) is 14.1. The van der Waals surface area contributed by atoms with Crippen LogP contribution in [0.5, 0.6) is 0 Å². The van der Waals surface area contributed by atoms with Gasteiger partial charge in [0.25, 0.3) is 17.1 Å². The first-order valence-electron chi connectivity index (χ1n) is 7.89. The number of hydrogen-bond donors (Lipinski definition) is 1. The van der Waals surface area contributed by atoms with E-state index in [0.717, 1.165) is 16.7 Å². The standard InChI is InChI=1S/C18H14Cl2N2O4S/c1-10-13(4-7-26-10)16(23)21-5-6-22-17(24)15(27-18(22)25)8-11-2-3-12(19)9-14(11)20/h2-4,7-9H,5-6H2,1H3,(H,21,23)/b15-8-. The molecule has 3 rings (SSSR count). The molecular formula is C18H14Cl2N2O4S. The number of furan rings is 1. The number of nitrogens with zero attached hydrogens (tertiary/aromatic N) is 1. The molecular weight excluding hydrogens is 411 g/mol. The summed E-state index contributed by atoms with van der Waals surface area (Å²) in [6.45, 7) is 1.88. The van der Waals surface area contributed by atoms with Crippen LogP contribution in [0.25, 0.3) is 6.08 Å². The van der Waals surface area contributed by atoms with Gasteiger partial charge in [0.1, 0.15) is 5.76 Å². The molecule has 0 spiro atoms. The van der Waals surface area contributed by atoms with Crippen molar-refractivity contribution in [2.45, 2.75) is 6.92 Å². The van der Waals surface area contributed by atoms with Crippen molar-refractivity contribution >= 4 is 58.1 Å². The summed E-state index contributed by atoms with van der Waals surface area (Å²) in [4.78, 5) is 38.0. The number of aryl methyl sites for hydroxylation is 1. The van der Waals surface area contributed by atoms with E-state index >= 15 is 0 Å². The molecule has 1 N–H and O–H groups in total. The maximum Gasteiger partial charge on any atom is 0.293 e. The van der Waals surface area contributed by atoms with Gasteiger partial charge in [0.2, 0.25) is 0 Å². The summed E-state index contributed by atoms with van der Waals surface area (Å²) in [7, 11) is 0. The van der Waals surface area contributed by atoms with E-state index in [9.17, 15) is 14.4 Å². The van der Waals surface area contributed by atoms with Gasteiger partial charge in [-0.05, 0) is 48.5 Å². The number of halogens is 2. The zero-order valence-corrected chi connectivity index (χ0v) is 16.5. The Morgan fingerprint density at radius 1 is 1.30 bits per heavy atom. The van der Waals surface area contributed by atoms with Gasteiger partial charge in [-0.25, -0.2) is 0 Å². The van der Waals surface area contributed by atoms with Gasteiger partial charge in [0, 0.05) is 23.1 Å². The van der Waals surface area contributed by atoms with E-state index in [1.165, 1.54) is 6.26 Å². The van der Waals surface area contributed by atoms with Crippen molar-refractivity contribution in [1.29, 1.82) is 0 Å². The molecule has 27 heavy (non-hydrogen) atoms. The van der Waals surface area contributed by atoms with Gasteiger partial charge in [0.15, 0.2) is 0 Å². The molecule has 1 saturated heterocycles. The highest BCUT2D eigenvalue weighted by Crippen LogP contribution is 2.33. The number of imide groups is 1. The highest BCUT2D eigenvalue weighted by molar-refractivity contribution is 8.18. The summed E-state index contributed by atoms with van der Waals surface area (Å²) in [6.07, 6.45) is 2.98. The van der Waals surface area contributed by atoms with Gasteiger partial charge < -0.3 is 9.73 Å². The van der Waals surface area contributed by atoms with Crippen molar-refractivity contribution in [3.8, 4) is 0 Å². The van der Waals surface area contributed by atoms with Crippen LogP contribution >= 0.6 is 35.0 Å². The Kier molecular flexibility index (Phi) is 5.94. The molecule has 2 aromatic rings. The first-order chi connectivity index (χ1) is 12.9. The molecule has 0 bridgehead atoms. The minimum Gasteiger partial charge on any atom is -0.469 e. The van der Waals surface area contributed by atoms with Crippen LogP contribution in [0.4, 0.5) is 4.79 Å². The average molecular weight is 425 g/mol. The number of carbonyl (C=O) groups is 3. The Hall–Kier alpha value is -2.22. The smallest absolute Gasteiger partial charge is 0.293 e. The molecule has 0 aliphatic carbocycles. The van der Waals surface area contributed by atoms with Gasteiger partial charge in [-0.2, -0.15) is 0 Å². The van der Waals surface area contributed by atoms with Crippen molar-refractivity contribution in [2.24, 2.45) is 0 Å². The summed E-state index contributed by atoms with van der Waals surface area (Å²) >= 11 is 12.8. The van der Waals surface area contributed by atoms with Crippen LogP contribution in [0.3, 0.4) is 0 Å². The van der Waals surface area contributed by atoms with Crippen LogP contribution < -0.4 is 5.32 Å². The van der Waals surface area contributed by atoms with Crippen molar-refractivity contribution in [3.05, 3.63) is 62.4 Å². The number of amides is 3. The summed E-state index contributed by atoms with van der Waals surface area (Å²) in [5.74, 6) is -0.247. The number of carbonyl (C=O) groups excluding carboxylic acids is 3. The Morgan fingerprint density at radius 2 is 2.07 bits per heavy atom. The minimum atomic E-state index is -0.426. The lowest BCUT2D eigenvalue weighted by Gasteiger charge is -2.12. The van der Waals surface area contributed by atoms with Crippen LogP contribution in [0.15, 0.2) is 39.9 Å². The molecule has 2 heterocycles. The number of benzene rings is 1. The number of nitrogens with one attached hydrogen (secondary N) is 1. The first kappa shape index (κ1) is 19.5. The second-order valence-corrected chi connectivity index (χ2v) is 7.48. The molecule has 140 valence electrons. The minimum absolute atomic E-state index is 0.0684. The normalized spacial score (nSPS) is 15.7. The second-order valence-electron chi connectivity index (χ2n) is 5.65. The first-order valence-corrected chi connectivity index (χ1v) is 9.47. The van der Waals surface area contributed by atoms with Gasteiger partial charge >= 0.3 is 0 Å². The van der Waals surface area contributed by atoms with Crippen LogP contribution in [-0.2, 0) is 4.79 Å². The maximum atomic E-state index is 12.5. The SMILES string of the molecule is Cc1occc1C(=O)NCCN1C(=O)S/C(=C\c2ccc(Cl)cc2Cl)C1=O. The third-order valence-electron chi connectivity index (χ3n) is 3.85. The van der Waals surface area contributed by atoms with Crippen LogP contribution in [-0.4, -0.2) is 35.0 Å². The molecule has 0 saturated carbocycles. The van der Waals surface area contributed by atoms with E-state index in [0.29, 0.717) is 26.9 Å². The lowest BCUT2D eigenvalue weighted by Crippen LogP contribution is -2.37. The lowest BCUT2D eigenvalue weighted by molar-refractivity contribution is -0.122. The number of thioether (sulfide) groups is 1. The highest BCUT2D eigenvalue weighted by Gasteiger charge is 2.34. The monoisotopic (exact) mass is 424 g/mol. The van der Waals surface area contributed by atoms with E-state index < -0.39 is 11.1 Å². The van der Waals surface area contributed by atoms with E-state index in [2.05, 4.69) is 5.32 Å². The number of rotatable bonds is 5. The van der Waals surface area contributed by atoms with E-state index in [-0.39, 0.29) is 23.9 Å². The molecule has 3 amide bonds. The predicted octanol–water partition coefficient (Wildman–Crippen LogP) is 4.36. The third kappa shape index (κ3) is 4.37. The maximum absolute atomic E-state index is 12.5. The molecule has 1 fully saturated rings. The topological polar surface area (TPSA) is 79.6 Å². The highest BCUT2D eigenvalue weighted by atomic mass is 35.5. The Morgan fingerprint density at radius 3 is 2.74 bits per heavy atom. The Bertz CT molecular complexity index is 955. The third-order valence-corrected chi connectivity index (χ3v) is 5.32.